The van der Waals surface area contributed by atoms with Crippen LogP contribution in [0.25, 0.3) is 11.4 Å². The Bertz CT molecular complexity index is 766. The van der Waals surface area contributed by atoms with E-state index in [1.807, 2.05) is 0 Å². The number of hydrogen-bond acceptors (Lipinski definition) is 4. The molecule has 0 aliphatic heterocycles. The SMILES string of the molecule is NC(=O)CN(Cc1cc(Cl)cc(-c2ncccn2)c1)C(=O)/C=C\Cl. The van der Waals surface area contributed by atoms with Crippen molar-refractivity contribution >= 4 is 35.0 Å². The standard InChI is InChI=1S/C16H14Cl2N4O2/c17-3-2-15(24)22(10-14(19)23)9-11-6-12(8-13(18)7-11)16-20-4-1-5-21-16/h1-8H,9-10H2,(H2,19,23)/b3-2-. The van der Waals surface area contributed by atoms with Crippen molar-refractivity contribution in [3.8, 4) is 11.4 Å². The Labute approximate surface area is 148 Å². The van der Waals surface area contributed by atoms with Gasteiger partial charge in [-0.3, -0.25) is 9.59 Å². The molecule has 0 atom stereocenters. The summed E-state index contributed by atoms with van der Waals surface area (Å²) >= 11 is 11.6. The maximum Gasteiger partial charge on any atom is 0.248 e. The van der Waals surface area contributed by atoms with Crippen LogP contribution in [0.15, 0.2) is 48.3 Å². The molecule has 124 valence electrons. The van der Waals surface area contributed by atoms with Crippen molar-refractivity contribution in [1.82, 2.24) is 14.9 Å². The predicted octanol–water partition coefficient (Wildman–Crippen LogP) is 2.36. The van der Waals surface area contributed by atoms with Gasteiger partial charge in [-0.1, -0.05) is 23.2 Å². The van der Waals surface area contributed by atoms with Gasteiger partial charge in [0, 0.05) is 41.1 Å². The van der Waals surface area contributed by atoms with E-state index in [9.17, 15) is 9.59 Å². The van der Waals surface area contributed by atoms with E-state index >= 15 is 0 Å². The third-order valence-corrected chi connectivity index (χ3v) is 3.36. The molecule has 0 bridgehead atoms. The number of carbonyl (C=O) groups is 2. The van der Waals surface area contributed by atoms with Crippen LogP contribution in [-0.2, 0) is 16.1 Å². The molecule has 1 heterocycles. The van der Waals surface area contributed by atoms with Crippen LogP contribution in [0.4, 0.5) is 0 Å². The second-order valence-electron chi connectivity index (χ2n) is 4.87. The molecule has 0 aliphatic carbocycles. The molecule has 2 N–H and O–H groups in total. The van der Waals surface area contributed by atoms with E-state index in [2.05, 4.69) is 9.97 Å². The topological polar surface area (TPSA) is 89.2 Å². The zero-order valence-electron chi connectivity index (χ0n) is 12.5. The summed E-state index contributed by atoms with van der Waals surface area (Å²) in [6.07, 6.45) is 4.39. The lowest BCUT2D eigenvalue weighted by atomic mass is 10.1. The number of halogens is 2. The molecule has 8 heteroatoms. The molecule has 0 saturated carbocycles. The third-order valence-electron chi connectivity index (χ3n) is 3.02. The number of primary amides is 1. The molecule has 2 amide bonds. The van der Waals surface area contributed by atoms with Crippen LogP contribution in [0.2, 0.25) is 5.02 Å². The third kappa shape index (κ3) is 5.04. The maximum atomic E-state index is 12.0. The highest BCUT2D eigenvalue weighted by atomic mass is 35.5. The first-order chi connectivity index (χ1) is 11.5. The first kappa shape index (κ1) is 17.9. The van der Waals surface area contributed by atoms with Gasteiger partial charge in [0.05, 0.1) is 6.54 Å². The lowest BCUT2D eigenvalue weighted by Gasteiger charge is -2.20. The normalized spacial score (nSPS) is 10.8. The second kappa shape index (κ2) is 8.42. The Kier molecular flexibility index (Phi) is 6.28. The van der Waals surface area contributed by atoms with Gasteiger partial charge in [-0.15, -0.1) is 0 Å². The average molecular weight is 365 g/mol. The summed E-state index contributed by atoms with van der Waals surface area (Å²) in [5, 5.41) is 0.467. The van der Waals surface area contributed by atoms with E-state index < -0.39 is 11.8 Å². The van der Waals surface area contributed by atoms with Gasteiger partial charge in [0.2, 0.25) is 11.8 Å². The lowest BCUT2D eigenvalue weighted by Crippen LogP contribution is -2.37. The molecule has 2 aromatic rings. The van der Waals surface area contributed by atoms with E-state index in [1.165, 1.54) is 4.90 Å². The molecule has 2 rings (SSSR count). The molecule has 0 radical (unpaired) electrons. The first-order valence-electron chi connectivity index (χ1n) is 6.90. The van der Waals surface area contributed by atoms with E-state index in [-0.39, 0.29) is 13.1 Å². The fraction of sp³-hybridized carbons (Fsp3) is 0.125. The number of aromatic nitrogens is 2. The van der Waals surface area contributed by atoms with Crippen LogP contribution >= 0.6 is 23.2 Å². The number of hydrogen-bond donors (Lipinski definition) is 1. The van der Waals surface area contributed by atoms with E-state index in [0.717, 1.165) is 11.6 Å². The summed E-state index contributed by atoms with van der Waals surface area (Å²) in [5.74, 6) is -0.545. The molecule has 0 fully saturated rings. The number of nitrogens with zero attached hydrogens (tertiary/aromatic N) is 3. The van der Waals surface area contributed by atoms with Crippen molar-refractivity contribution in [2.45, 2.75) is 6.54 Å². The van der Waals surface area contributed by atoms with Gasteiger partial charge in [0.25, 0.3) is 0 Å². The van der Waals surface area contributed by atoms with E-state index in [4.69, 9.17) is 28.9 Å². The van der Waals surface area contributed by atoms with Crippen molar-refractivity contribution in [1.29, 1.82) is 0 Å². The summed E-state index contributed by atoms with van der Waals surface area (Å²) in [7, 11) is 0. The minimum absolute atomic E-state index is 0.142. The van der Waals surface area contributed by atoms with Gasteiger partial charge < -0.3 is 10.6 Å². The van der Waals surface area contributed by atoms with Gasteiger partial charge in [-0.2, -0.15) is 0 Å². The summed E-state index contributed by atoms with van der Waals surface area (Å²) in [5.41, 5.74) is 7.69. The Morgan fingerprint density at radius 1 is 1.21 bits per heavy atom. The van der Waals surface area contributed by atoms with Gasteiger partial charge in [0.15, 0.2) is 5.82 Å². The van der Waals surface area contributed by atoms with Gasteiger partial charge >= 0.3 is 0 Å². The lowest BCUT2D eigenvalue weighted by molar-refractivity contribution is -0.131. The van der Waals surface area contributed by atoms with Crippen LogP contribution in [0.1, 0.15) is 5.56 Å². The highest BCUT2D eigenvalue weighted by Crippen LogP contribution is 2.23. The van der Waals surface area contributed by atoms with Gasteiger partial charge in [-0.25, -0.2) is 9.97 Å². The number of amides is 2. The smallest absolute Gasteiger partial charge is 0.248 e. The van der Waals surface area contributed by atoms with Gasteiger partial charge in [-0.05, 0) is 29.8 Å². The minimum Gasteiger partial charge on any atom is -0.368 e. The molecule has 1 aromatic carbocycles. The largest absolute Gasteiger partial charge is 0.368 e. The highest BCUT2D eigenvalue weighted by molar-refractivity contribution is 6.31. The van der Waals surface area contributed by atoms with Crippen LogP contribution in [0.3, 0.4) is 0 Å². The summed E-state index contributed by atoms with van der Waals surface area (Å²) in [6, 6.07) is 6.92. The summed E-state index contributed by atoms with van der Waals surface area (Å²) in [6.45, 7) is -0.0901. The zero-order chi connectivity index (χ0) is 17.5. The van der Waals surface area contributed by atoms with Crippen LogP contribution < -0.4 is 5.73 Å². The van der Waals surface area contributed by atoms with Crippen LogP contribution in [-0.4, -0.2) is 33.2 Å². The Morgan fingerprint density at radius 2 is 1.92 bits per heavy atom. The Balaban J connectivity index is 2.31. The van der Waals surface area contributed by atoms with Crippen molar-refractivity contribution in [2.24, 2.45) is 5.73 Å². The summed E-state index contributed by atoms with van der Waals surface area (Å²) in [4.78, 5) is 32.8. The van der Waals surface area contributed by atoms with Crippen molar-refractivity contribution in [3.63, 3.8) is 0 Å². The molecule has 6 nitrogen and oxygen atoms in total. The molecular formula is C16H14Cl2N4O2. The maximum absolute atomic E-state index is 12.0. The van der Waals surface area contributed by atoms with Crippen molar-refractivity contribution < 1.29 is 9.59 Å². The molecule has 0 spiro atoms. The van der Waals surface area contributed by atoms with Crippen molar-refractivity contribution in [3.05, 3.63) is 58.9 Å². The number of rotatable bonds is 6. The van der Waals surface area contributed by atoms with Gasteiger partial charge in [0.1, 0.15) is 0 Å². The number of benzene rings is 1. The Hall–Kier alpha value is -2.44. The number of carbonyl (C=O) groups excluding carboxylic acids is 2. The predicted molar refractivity (Wildman–Crippen MR) is 92.1 cm³/mol. The van der Waals surface area contributed by atoms with Crippen LogP contribution in [0.5, 0.6) is 0 Å². The molecule has 1 aromatic heterocycles. The Morgan fingerprint density at radius 3 is 2.54 bits per heavy atom. The molecule has 0 saturated heterocycles. The fourth-order valence-corrected chi connectivity index (χ4v) is 2.46. The first-order valence-corrected chi connectivity index (χ1v) is 7.72. The van der Waals surface area contributed by atoms with Crippen LogP contribution in [0, 0.1) is 0 Å². The van der Waals surface area contributed by atoms with Crippen molar-refractivity contribution in [2.75, 3.05) is 6.54 Å². The van der Waals surface area contributed by atoms with E-state index in [1.54, 1.807) is 36.7 Å². The minimum atomic E-state index is -0.625. The second-order valence-corrected chi connectivity index (χ2v) is 5.56. The molecular weight excluding hydrogens is 351 g/mol. The summed E-state index contributed by atoms with van der Waals surface area (Å²) < 4.78 is 0. The molecule has 0 aliphatic rings. The fourth-order valence-electron chi connectivity index (χ4n) is 2.10. The highest BCUT2D eigenvalue weighted by Gasteiger charge is 2.15. The quantitative estimate of drug-likeness (QED) is 0.796. The van der Waals surface area contributed by atoms with E-state index in [0.29, 0.717) is 22.0 Å². The molecule has 0 unspecified atom stereocenters. The monoisotopic (exact) mass is 364 g/mol. The molecule has 24 heavy (non-hydrogen) atoms. The average Bonchev–Trinajstić information content (AvgIpc) is 2.54. The zero-order valence-corrected chi connectivity index (χ0v) is 14.0. The number of nitrogens with two attached hydrogens (primary N) is 1.